The van der Waals surface area contributed by atoms with Crippen LogP contribution < -0.4 is 15.5 Å². The topological polar surface area (TPSA) is 111 Å². The van der Waals surface area contributed by atoms with Crippen LogP contribution in [0.3, 0.4) is 0 Å². The molecule has 0 spiro atoms. The van der Waals surface area contributed by atoms with E-state index in [9.17, 15) is 18.0 Å². The van der Waals surface area contributed by atoms with Gasteiger partial charge < -0.3 is 10.2 Å². The van der Waals surface area contributed by atoms with Crippen molar-refractivity contribution in [1.82, 2.24) is 20.1 Å². The standard InChI is InChI=1S/C23H32BrCl2N5O4S/c1-3-11-30-12-5-4-6-17(30)9-10-28-36(34,35)20-13-16(7-8-18(20)24)29-22(32)15(2)31-23(33)21(26)19(25)14-27-31/h3,7-8,11,13,15,17,19,21,27-28H,4-6,9-10,12,14H2,1-2H3,(H,29,32)/b11-3-/t15-,17?,19?,21?/m0/s1. The summed E-state index contributed by atoms with van der Waals surface area (Å²) in [7, 11) is -3.84. The predicted molar refractivity (Wildman–Crippen MR) is 145 cm³/mol. The smallest absolute Gasteiger partial charge is 0.257 e. The zero-order valence-electron chi connectivity index (χ0n) is 20.2. The van der Waals surface area contributed by atoms with E-state index >= 15 is 0 Å². The van der Waals surface area contributed by atoms with Crippen molar-refractivity contribution in [1.29, 1.82) is 0 Å². The summed E-state index contributed by atoms with van der Waals surface area (Å²) in [6.07, 6.45) is 8.05. The Labute approximate surface area is 231 Å². The molecule has 200 valence electrons. The van der Waals surface area contributed by atoms with Crippen molar-refractivity contribution in [2.45, 2.75) is 67.3 Å². The molecule has 9 nitrogen and oxygen atoms in total. The number of hydrogen-bond acceptors (Lipinski definition) is 6. The van der Waals surface area contributed by atoms with Crippen LogP contribution in [0.15, 0.2) is 39.8 Å². The Morgan fingerprint density at radius 1 is 1.33 bits per heavy atom. The SMILES string of the molecule is C/C=C\N1CCCCC1CCNS(=O)(=O)c1cc(NC(=O)[C@H](C)N2NCC(Cl)C(Cl)C2=O)ccc1Br. The lowest BCUT2D eigenvalue weighted by Gasteiger charge is -2.36. The second-order valence-corrected chi connectivity index (χ2v) is 12.5. The molecule has 0 radical (unpaired) electrons. The molecule has 2 aliphatic rings. The minimum absolute atomic E-state index is 0.0138. The van der Waals surface area contributed by atoms with Crippen LogP contribution in [0.5, 0.6) is 0 Å². The number of carbonyl (C=O) groups excluding carboxylic acids is 2. The number of hydrogen-bond donors (Lipinski definition) is 3. The summed E-state index contributed by atoms with van der Waals surface area (Å²) < 4.78 is 29.2. The summed E-state index contributed by atoms with van der Waals surface area (Å²) in [5.41, 5.74) is 3.09. The molecule has 36 heavy (non-hydrogen) atoms. The monoisotopic (exact) mass is 623 g/mol. The van der Waals surface area contributed by atoms with Gasteiger partial charge in [-0.15, -0.1) is 23.2 Å². The largest absolute Gasteiger partial charge is 0.375 e. The van der Waals surface area contributed by atoms with Gasteiger partial charge in [0.05, 0.1) is 10.3 Å². The highest BCUT2D eigenvalue weighted by atomic mass is 79.9. The summed E-state index contributed by atoms with van der Waals surface area (Å²) in [5.74, 6) is -1.01. The van der Waals surface area contributed by atoms with Gasteiger partial charge in [-0.1, -0.05) is 6.08 Å². The number of amides is 2. The number of halogens is 3. The first-order valence-corrected chi connectivity index (χ1v) is 15.0. The lowest BCUT2D eigenvalue weighted by Crippen LogP contribution is -2.62. The van der Waals surface area contributed by atoms with E-state index in [-0.39, 0.29) is 17.1 Å². The molecule has 3 N–H and O–H groups in total. The molecule has 0 bridgehead atoms. The summed E-state index contributed by atoms with van der Waals surface area (Å²) in [6.45, 7) is 5.02. The van der Waals surface area contributed by atoms with Gasteiger partial charge in [-0.05, 0) is 79.9 Å². The Balaban J connectivity index is 1.64. The molecule has 1 aromatic rings. The van der Waals surface area contributed by atoms with Gasteiger partial charge >= 0.3 is 0 Å². The van der Waals surface area contributed by atoms with Crippen LogP contribution >= 0.6 is 39.1 Å². The second kappa shape index (κ2) is 12.9. The Hall–Kier alpha value is -1.37. The molecule has 0 aliphatic carbocycles. The third-order valence-electron chi connectivity index (χ3n) is 6.29. The zero-order valence-corrected chi connectivity index (χ0v) is 24.1. The Bertz CT molecular complexity index is 1090. The van der Waals surface area contributed by atoms with Gasteiger partial charge in [-0.25, -0.2) is 18.6 Å². The highest BCUT2D eigenvalue weighted by Crippen LogP contribution is 2.27. The van der Waals surface area contributed by atoms with Crippen LogP contribution in [0.4, 0.5) is 5.69 Å². The van der Waals surface area contributed by atoms with Crippen LogP contribution in [-0.4, -0.2) is 72.6 Å². The molecule has 0 saturated carbocycles. The fraction of sp³-hybridized carbons (Fsp3) is 0.565. The third kappa shape index (κ3) is 7.14. The normalized spacial score (nSPS) is 24.2. The van der Waals surface area contributed by atoms with E-state index in [1.54, 1.807) is 19.1 Å². The molecule has 1 aromatic carbocycles. The summed E-state index contributed by atoms with van der Waals surface area (Å²) in [5, 5.41) is 2.29. The molecule has 2 heterocycles. The van der Waals surface area contributed by atoms with Crippen molar-refractivity contribution in [2.24, 2.45) is 0 Å². The molecule has 0 aromatic heterocycles. The zero-order chi connectivity index (χ0) is 26.5. The molecule has 4 atom stereocenters. The number of sulfonamides is 1. The number of rotatable bonds is 9. The maximum Gasteiger partial charge on any atom is 0.257 e. The number of carbonyl (C=O) groups is 2. The Kier molecular flexibility index (Phi) is 10.5. The van der Waals surface area contributed by atoms with Gasteiger partial charge in [0.2, 0.25) is 15.9 Å². The summed E-state index contributed by atoms with van der Waals surface area (Å²) >= 11 is 15.4. The number of alkyl halides is 2. The number of nitrogens with zero attached hydrogens (tertiary/aromatic N) is 2. The van der Waals surface area contributed by atoms with Crippen molar-refractivity contribution in [3.8, 4) is 0 Å². The van der Waals surface area contributed by atoms with Crippen molar-refractivity contribution >= 4 is 66.7 Å². The van der Waals surface area contributed by atoms with E-state index in [4.69, 9.17) is 23.2 Å². The fourth-order valence-electron chi connectivity index (χ4n) is 4.29. The molecular weight excluding hydrogens is 593 g/mol. The van der Waals surface area contributed by atoms with Crippen molar-refractivity contribution < 1.29 is 18.0 Å². The van der Waals surface area contributed by atoms with Gasteiger partial charge in [-0.3, -0.25) is 14.6 Å². The molecule has 2 amide bonds. The molecule has 3 rings (SSSR count). The highest BCUT2D eigenvalue weighted by molar-refractivity contribution is 9.10. The predicted octanol–water partition coefficient (Wildman–Crippen LogP) is 3.39. The van der Waals surface area contributed by atoms with Crippen LogP contribution in [0, 0.1) is 0 Å². The van der Waals surface area contributed by atoms with Crippen molar-refractivity contribution in [3.05, 3.63) is 34.9 Å². The van der Waals surface area contributed by atoms with Gasteiger partial charge in [0.25, 0.3) is 5.91 Å². The number of benzene rings is 1. The molecule has 2 aliphatic heterocycles. The molecule has 2 saturated heterocycles. The number of anilines is 1. The van der Waals surface area contributed by atoms with Gasteiger partial charge in [-0.2, -0.15) is 0 Å². The number of hydrazine groups is 1. The van der Waals surface area contributed by atoms with Crippen LogP contribution in [-0.2, 0) is 19.6 Å². The molecule has 2 fully saturated rings. The second-order valence-electron chi connectivity index (χ2n) is 8.85. The van der Waals surface area contributed by atoms with E-state index in [1.807, 2.05) is 13.0 Å². The quantitative estimate of drug-likeness (QED) is 0.363. The maximum absolute atomic E-state index is 13.1. The lowest BCUT2D eigenvalue weighted by atomic mass is 10.00. The van der Waals surface area contributed by atoms with E-state index in [1.165, 1.54) is 6.07 Å². The Morgan fingerprint density at radius 3 is 2.81 bits per heavy atom. The first kappa shape index (κ1) is 29.2. The van der Waals surface area contributed by atoms with Crippen molar-refractivity contribution in [2.75, 3.05) is 25.0 Å². The lowest BCUT2D eigenvalue weighted by molar-refractivity contribution is -0.143. The third-order valence-corrected chi connectivity index (χ3v) is 9.77. The Morgan fingerprint density at radius 2 is 2.08 bits per heavy atom. The fourth-order valence-corrected chi connectivity index (χ4v) is 6.70. The number of piperidine rings is 1. The van der Waals surface area contributed by atoms with E-state index in [2.05, 4.69) is 42.5 Å². The van der Waals surface area contributed by atoms with Gasteiger partial charge in [0.15, 0.2) is 0 Å². The first-order valence-electron chi connectivity index (χ1n) is 11.9. The summed E-state index contributed by atoms with van der Waals surface area (Å²) in [6, 6.07) is 3.91. The van der Waals surface area contributed by atoms with Crippen LogP contribution in [0.1, 0.15) is 39.5 Å². The highest BCUT2D eigenvalue weighted by Gasteiger charge is 2.38. The molecule has 3 unspecified atom stereocenters. The maximum atomic E-state index is 13.1. The number of allylic oxidation sites excluding steroid dienone is 1. The molecule has 13 heteroatoms. The van der Waals surface area contributed by atoms with Crippen LogP contribution in [0.25, 0.3) is 0 Å². The minimum Gasteiger partial charge on any atom is -0.375 e. The number of nitrogens with one attached hydrogen (secondary N) is 3. The number of likely N-dealkylation sites (tertiary alicyclic amines) is 1. The van der Waals surface area contributed by atoms with E-state index < -0.39 is 38.6 Å². The average molecular weight is 625 g/mol. The average Bonchev–Trinajstić information content (AvgIpc) is 2.84. The summed E-state index contributed by atoms with van der Waals surface area (Å²) in [4.78, 5) is 27.5. The van der Waals surface area contributed by atoms with Crippen LogP contribution in [0.2, 0.25) is 0 Å². The first-order chi connectivity index (χ1) is 17.0. The van der Waals surface area contributed by atoms with Gasteiger partial charge in [0, 0.05) is 35.8 Å². The van der Waals surface area contributed by atoms with Gasteiger partial charge in [0.1, 0.15) is 11.4 Å². The molecular formula is C23H32BrCl2N5O4S. The van der Waals surface area contributed by atoms with E-state index in [0.717, 1.165) is 30.8 Å². The van der Waals surface area contributed by atoms with Crippen molar-refractivity contribution in [3.63, 3.8) is 0 Å². The minimum atomic E-state index is -3.84. The van der Waals surface area contributed by atoms with E-state index in [0.29, 0.717) is 23.5 Å².